The first-order chi connectivity index (χ1) is 11.7. The lowest BCUT2D eigenvalue weighted by Crippen LogP contribution is -2.40. The Labute approximate surface area is 140 Å². The molecule has 2 aromatic rings. The molecular weight excluding hydrogens is 307 g/mol. The average Bonchev–Trinajstić information content (AvgIpc) is 3.34. The summed E-state index contributed by atoms with van der Waals surface area (Å²) in [5.41, 5.74) is 0.447. The van der Waals surface area contributed by atoms with Gasteiger partial charge in [0.05, 0.1) is 12.5 Å². The van der Waals surface area contributed by atoms with Crippen LogP contribution >= 0.6 is 0 Å². The van der Waals surface area contributed by atoms with Gasteiger partial charge in [0.25, 0.3) is 0 Å². The summed E-state index contributed by atoms with van der Waals surface area (Å²) in [6.45, 7) is 0.692. The smallest absolute Gasteiger partial charge is 0.227 e. The van der Waals surface area contributed by atoms with Crippen LogP contribution in [0.1, 0.15) is 61.3 Å². The number of amides is 1. The van der Waals surface area contributed by atoms with Crippen molar-refractivity contribution < 1.29 is 9.18 Å². The summed E-state index contributed by atoms with van der Waals surface area (Å²) in [5, 5.41) is 7.34. The maximum Gasteiger partial charge on any atom is 0.227 e. The van der Waals surface area contributed by atoms with E-state index in [4.69, 9.17) is 0 Å². The van der Waals surface area contributed by atoms with Gasteiger partial charge in [-0.25, -0.2) is 9.37 Å². The van der Waals surface area contributed by atoms with E-state index in [1.165, 1.54) is 6.07 Å². The first-order valence-corrected chi connectivity index (χ1v) is 8.67. The first-order valence-electron chi connectivity index (χ1n) is 8.67. The van der Waals surface area contributed by atoms with Gasteiger partial charge in [-0.1, -0.05) is 18.2 Å². The van der Waals surface area contributed by atoms with Crippen molar-refractivity contribution in [3.05, 3.63) is 47.3 Å². The third-order valence-electron chi connectivity index (χ3n) is 4.90. The Kier molecular flexibility index (Phi) is 4.04. The molecule has 0 bridgehead atoms. The number of aromatic amines is 1. The lowest BCUT2D eigenvalue weighted by molar-refractivity contribution is -0.134. The van der Waals surface area contributed by atoms with E-state index in [0.29, 0.717) is 18.0 Å². The van der Waals surface area contributed by atoms with Gasteiger partial charge in [-0.05, 0) is 43.7 Å². The molecule has 1 atom stereocenters. The van der Waals surface area contributed by atoms with Crippen LogP contribution in [0, 0.1) is 5.82 Å². The van der Waals surface area contributed by atoms with E-state index < -0.39 is 0 Å². The Bertz CT molecular complexity index is 740. The number of nitrogens with zero attached hydrogens (tertiary/aromatic N) is 3. The Morgan fingerprint density at radius 2 is 2.08 bits per heavy atom. The third-order valence-corrected chi connectivity index (χ3v) is 4.90. The Morgan fingerprint density at radius 1 is 1.25 bits per heavy atom. The van der Waals surface area contributed by atoms with E-state index in [2.05, 4.69) is 15.2 Å². The number of rotatable bonds is 4. The first kappa shape index (κ1) is 15.3. The average molecular weight is 328 g/mol. The number of carbonyl (C=O) groups is 1. The minimum Gasteiger partial charge on any atom is -0.332 e. The van der Waals surface area contributed by atoms with Crippen LogP contribution in [0.25, 0.3) is 0 Å². The van der Waals surface area contributed by atoms with Crippen LogP contribution in [0.15, 0.2) is 24.3 Å². The number of likely N-dealkylation sites (tertiary alicyclic amines) is 1. The minimum atomic E-state index is -0.324. The fourth-order valence-electron chi connectivity index (χ4n) is 3.38. The molecule has 5 nitrogen and oxygen atoms in total. The second-order valence-electron chi connectivity index (χ2n) is 6.72. The van der Waals surface area contributed by atoms with Crippen molar-refractivity contribution >= 4 is 5.91 Å². The molecule has 1 aliphatic carbocycles. The van der Waals surface area contributed by atoms with Crippen molar-refractivity contribution in [1.82, 2.24) is 20.1 Å². The van der Waals surface area contributed by atoms with Crippen molar-refractivity contribution in [3.8, 4) is 0 Å². The zero-order chi connectivity index (χ0) is 16.5. The zero-order valence-electron chi connectivity index (χ0n) is 13.5. The largest absolute Gasteiger partial charge is 0.332 e. The standard InChI is InChI=1S/C18H21FN4O/c19-14-6-2-1-5-13(14)11-16(24)23-10-4-3-7-15(23)18-20-17(21-22-18)12-8-9-12/h1-2,5-6,12,15H,3-4,7-11H2,(H,20,21,22). The molecule has 1 unspecified atom stereocenters. The van der Waals surface area contributed by atoms with Crippen LogP contribution in [0.5, 0.6) is 0 Å². The molecule has 126 valence electrons. The van der Waals surface area contributed by atoms with E-state index in [1.54, 1.807) is 18.2 Å². The van der Waals surface area contributed by atoms with Crippen LogP contribution in [0.4, 0.5) is 4.39 Å². The topological polar surface area (TPSA) is 61.9 Å². The highest BCUT2D eigenvalue weighted by Gasteiger charge is 2.33. The van der Waals surface area contributed by atoms with Crippen LogP contribution in [0.2, 0.25) is 0 Å². The summed E-state index contributed by atoms with van der Waals surface area (Å²) in [6, 6.07) is 6.40. The highest BCUT2D eigenvalue weighted by Crippen LogP contribution is 2.39. The predicted octanol–water partition coefficient (Wildman–Crippen LogP) is 3.12. The van der Waals surface area contributed by atoms with Gasteiger partial charge in [0.2, 0.25) is 5.91 Å². The van der Waals surface area contributed by atoms with Gasteiger partial charge in [-0.15, -0.1) is 0 Å². The van der Waals surface area contributed by atoms with Gasteiger partial charge < -0.3 is 4.90 Å². The summed E-state index contributed by atoms with van der Waals surface area (Å²) in [4.78, 5) is 19.2. The summed E-state index contributed by atoms with van der Waals surface area (Å²) in [7, 11) is 0. The van der Waals surface area contributed by atoms with Gasteiger partial charge >= 0.3 is 0 Å². The lowest BCUT2D eigenvalue weighted by atomic mass is 10.00. The van der Waals surface area contributed by atoms with Crippen LogP contribution in [0.3, 0.4) is 0 Å². The van der Waals surface area contributed by atoms with Crippen molar-refractivity contribution in [1.29, 1.82) is 0 Å². The molecule has 4 rings (SSSR count). The molecule has 1 saturated heterocycles. The number of benzene rings is 1. The molecule has 1 aromatic carbocycles. The zero-order valence-corrected chi connectivity index (χ0v) is 13.5. The number of hydrogen-bond donors (Lipinski definition) is 1. The molecule has 1 aromatic heterocycles. The van der Waals surface area contributed by atoms with E-state index in [1.807, 2.05) is 4.90 Å². The molecule has 2 heterocycles. The SMILES string of the molecule is O=C(Cc1ccccc1F)N1CCCCC1c1nc(C2CC2)n[nH]1. The molecule has 0 radical (unpaired) electrons. The van der Waals surface area contributed by atoms with Crippen molar-refractivity contribution in [2.45, 2.75) is 50.5 Å². The number of carbonyl (C=O) groups excluding carboxylic acids is 1. The number of nitrogens with one attached hydrogen (secondary N) is 1. The predicted molar refractivity (Wildman–Crippen MR) is 86.8 cm³/mol. The van der Waals surface area contributed by atoms with Gasteiger partial charge in [0.1, 0.15) is 11.6 Å². The van der Waals surface area contributed by atoms with Crippen molar-refractivity contribution in [2.75, 3.05) is 6.54 Å². The lowest BCUT2D eigenvalue weighted by Gasteiger charge is -2.34. The Hall–Kier alpha value is -2.24. The second kappa shape index (κ2) is 6.34. The summed E-state index contributed by atoms with van der Waals surface area (Å²) >= 11 is 0. The second-order valence-corrected chi connectivity index (χ2v) is 6.72. The Balaban J connectivity index is 1.52. The summed E-state index contributed by atoms with van der Waals surface area (Å²) in [5.74, 6) is 1.76. The van der Waals surface area contributed by atoms with Crippen LogP contribution in [-0.4, -0.2) is 32.5 Å². The molecule has 1 aliphatic heterocycles. The summed E-state index contributed by atoms with van der Waals surface area (Å²) < 4.78 is 13.8. The summed E-state index contributed by atoms with van der Waals surface area (Å²) in [6.07, 6.45) is 5.31. The molecule has 1 N–H and O–H groups in total. The van der Waals surface area contributed by atoms with Crippen molar-refractivity contribution in [3.63, 3.8) is 0 Å². The third kappa shape index (κ3) is 3.05. The van der Waals surface area contributed by atoms with Gasteiger partial charge in [-0.2, -0.15) is 5.10 Å². The van der Waals surface area contributed by atoms with E-state index >= 15 is 0 Å². The van der Waals surface area contributed by atoms with Gasteiger partial charge in [-0.3, -0.25) is 9.89 Å². The number of H-pyrrole nitrogens is 1. The van der Waals surface area contributed by atoms with Crippen molar-refractivity contribution in [2.24, 2.45) is 0 Å². The van der Waals surface area contributed by atoms with E-state index in [-0.39, 0.29) is 24.2 Å². The molecule has 6 heteroatoms. The number of hydrogen-bond acceptors (Lipinski definition) is 3. The minimum absolute atomic E-state index is 0.0471. The fourth-order valence-corrected chi connectivity index (χ4v) is 3.38. The quantitative estimate of drug-likeness (QED) is 0.938. The van der Waals surface area contributed by atoms with E-state index in [0.717, 1.165) is 43.8 Å². The van der Waals surface area contributed by atoms with Gasteiger partial charge in [0, 0.05) is 12.5 Å². The van der Waals surface area contributed by atoms with Gasteiger partial charge in [0.15, 0.2) is 5.82 Å². The molecule has 24 heavy (non-hydrogen) atoms. The van der Waals surface area contributed by atoms with Crippen LogP contribution in [-0.2, 0) is 11.2 Å². The maximum absolute atomic E-state index is 13.8. The number of halogens is 1. The molecule has 1 amide bonds. The molecule has 0 spiro atoms. The van der Waals surface area contributed by atoms with E-state index in [9.17, 15) is 9.18 Å². The number of piperidine rings is 1. The van der Waals surface area contributed by atoms with Crippen LogP contribution < -0.4 is 0 Å². The molecule has 2 aliphatic rings. The Morgan fingerprint density at radius 3 is 2.88 bits per heavy atom. The highest BCUT2D eigenvalue weighted by atomic mass is 19.1. The molecular formula is C18H21FN4O. The number of aromatic nitrogens is 3. The molecule has 2 fully saturated rings. The fraction of sp³-hybridized carbons (Fsp3) is 0.500. The maximum atomic E-state index is 13.8. The normalized spacial score (nSPS) is 21.0. The highest BCUT2D eigenvalue weighted by molar-refractivity contribution is 5.79. The monoisotopic (exact) mass is 328 g/mol. The molecule has 1 saturated carbocycles.